The largest absolute Gasteiger partial charge is 0.480 e. The summed E-state index contributed by atoms with van der Waals surface area (Å²) in [6.07, 6.45) is 5.16. The summed E-state index contributed by atoms with van der Waals surface area (Å²) in [6.45, 7) is 2.35. The molecule has 15 nitrogen and oxygen atoms in total. The quantitative estimate of drug-likeness (QED) is 0.173. The Kier molecular flexibility index (Phi) is 16.7. The highest BCUT2D eigenvalue weighted by Crippen LogP contribution is 2.09. The molecule has 39 heavy (non-hydrogen) atoms. The maximum Gasteiger partial charge on any atom is 0.323 e. The molecule has 15 heteroatoms. The molecule has 4 heterocycles. The van der Waals surface area contributed by atoms with Crippen molar-refractivity contribution >= 4 is 23.9 Å². The molecule has 4 aliphatic rings. The van der Waals surface area contributed by atoms with E-state index in [0.29, 0.717) is 51.7 Å². The highest BCUT2D eigenvalue weighted by atomic mass is 16.4. The first-order chi connectivity index (χ1) is 18.4. The lowest BCUT2D eigenvalue weighted by Crippen LogP contribution is -2.49. The topological polar surface area (TPSA) is 258 Å². The van der Waals surface area contributed by atoms with Gasteiger partial charge < -0.3 is 57.0 Å². The second-order valence-electron chi connectivity index (χ2n) is 9.88. The van der Waals surface area contributed by atoms with Crippen LogP contribution in [0.1, 0.15) is 57.8 Å². The maximum atomic E-state index is 10.3. The van der Waals surface area contributed by atoms with Gasteiger partial charge in [-0.2, -0.15) is 0 Å². The van der Waals surface area contributed by atoms with Crippen LogP contribution in [-0.2, 0) is 19.2 Å². The molecular weight excluding hydrogens is 520 g/mol. The molecular formula is C24H44N4O11. The zero-order valence-electron chi connectivity index (χ0n) is 22.0. The molecule has 0 radical (unpaired) electrons. The van der Waals surface area contributed by atoms with Crippen LogP contribution < -0.4 is 21.3 Å². The van der Waals surface area contributed by atoms with Gasteiger partial charge in [0.1, 0.15) is 24.2 Å². The fourth-order valence-electron chi connectivity index (χ4n) is 4.29. The van der Waals surface area contributed by atoms with E-state index in [4.69, 9.17) is 35.7 Å². The minimum atomic E-state index is -0.966. The number of aliphatic carboxylic acids is 4. The lowest BCUT2D eigenvalue weighted by atomic mass is 10.0. The summed E-state index contributed by atoms with van der Waals surface area (Å²) in [6, 6.07) is -1.95. The van der Waals surface area contributed by atoms with Crippen molar-refractivity contribution in [3.05, 3.63) is 0 Å². The highest BCUT2D eigenvalue weighted by molar-refractivity contribution is 5.75. The van der Waals surface area contributed by atoms with Crippen LogP contribution in [0.4, 0.5) is 0 Å². The van der Waals surface area contributed by atoms with Crippen molar-refractivity contribution in [3.8, 4) is 0 Å². The number of hydrogen-bond donors (Lipinski definition) is 11. The van der Waals surface area contributed by atoms with Gasteiger partial charge in [-0.15, -0.1) is 0 Å². The van der Waals surface area contributed by atoms with E-state index in [-0.39, 0.29) is 18.2 Å². The summed E-state index contributed by atoms with van der Waals surface area (Å²) in [5.41, 5.74) is 0. The first kappa shape index (κ1) is 34.6. The number of nitrogens with one attached hydrogen (secondary N) is 4. The standard InChI is InChI=1S/3C6H11NO3.C6H11NO2/c2*8-4-1-2-5(6(9)10)7-3-4;8-4-2-1-3-7-5(4)6(9)10;8-6(9)5-3-1-2-4-7-5/h3*4-5,7-8H,1-3H2,(H,9,10);5,7H,1-4H2,(H,8,9)/t4-,5+;4-,5-;4?,5-;5-/m1000/s1. The van der Waals surface area contributed by atoms with Crippen molar-refractivity contribution in [2.24, 2.45) is 0 Å². The van der Waals surface area contributed by atoms with Crippen molar-refractivity contribution in [2.45, 2.75) is 100 Å². The normalized spacial score (nSPS) is 32.3. The third-order valence-electron chi connectivity index (χ3n) is 6.67. The molecule has 4 fully saturated rings. The van der Waals surface area contributed by atoms with Gasteiger partial charge in [0.05, 0.1) is 18.3 Å². The van der Waals surface area contributed by atoms with E-state index in [1.807, 2.05) is 0 Å². The van der Waals surface area contributed by atoms with Crippen molar-refractivity contribution in [1.29, 1.82) is 0 Å². The molecule has 0 saturated carbocycles. The van der Waals surface area contributed by atoms with Gasteiger partial charge in [0.25, 0.3) is 0 Å². The van der Waals surface area contributed by atoms with Gasteiger partial charge in [-0.05, 0) is 64.5 Å². The molecule has 0 aromatic heterocycles. The second-order valence-corrected chi connectivity index (χ2v) is 9.88. The molecule has 4 saturated heterocycles. The smallest absolute Gasteiger partial charge is 0.323 e. The Morgan fingerprint density at radius 2 is 0.949 bits per heavy atom. The van der Waals surface area contributed by atoms with Crippen LogP contribution in [0.5, 0.6) is 0 Å². The van der Waals surface area contributed by atoms with E-state index in [9.17, 15) is 19.2 Å². The molecule has 0 amide bonds. The van der Waals surface area contributed by atoms with E-state index >= 15 is 0 Å². The van der Waals surface area contributed by atoms with E-state index < -0.39 is 48.1 Å². The van der Waals surface area contributed by atoms with Gasteiger partial charge in [0, 0.05) is 13.1 Å². The fraction of sp³-hybridized carbons (Fsp3) is 0.833. The molecule has 0 bridgehead atoms. The first-order valence-electron chi connectivity index (χ1n) is 13.3. The minimum absolute atomic E-state index is 0.279. The van der Waals surface area contributed by atoms with E-state index in [1.54, 1.807) is 0 Å². The SMILES string of the molecule is O=C(O)[C@@H]1CCCCN1.O=C(O)[C@@H]1CC[C@@H](O)CN1.O=C(O)[C@@H]1CC[C@H](O)CN1.O=C(O)[C@H]1NCCCC1O. The van der Waals surface area contributed by atoms with Gasteiger partial charge in [-0.25, -0.2) is 0 Å². The average molecular weight is 565 g/mol. The van der Waals surface area contributed by atoms with Crippen LogP contribution in [0.25, 0.3) is 0 Å². The summed E-state index contributed by atoms with van der Waals surface area (Å²) in [4.78, 5) is 41.3. The fourth-order valence-corrected chi connectivity index (χ4v) is 4.29. The molecule has 1 unspecified atom stereocenters. The van der Waals surface area contributed by atoms with Crippen LogP contribution >= 0.6 is 0 Å². The Labute approximate surface area is 227 Å². The minimum Gasteiger partial charge on any atom is -0.480 e. The van der Waals surface area contributed by atoms with Crippen molar-refractivity contribution in [2.75, 3.05) is 26.2 Å². The number of β-amino-alcohol motifs (C(OH)–C–C–N with tert-alkyl or cyclic N) is 2. The molecule has 226 valence electrons. The molecule has 11 N–H and O–H groups in total. The second kappa shape index (κ2) is 18.8. The van der Waals surface area contributed by atoms with Crippen molar-refractivity contribution in [1.82, 2.24) is 21.3 Å². The Balaban J connectivity index is 0.000000260. The van der Waals surface area contributed by atoms with Gasteiger partial charge in [0.15, 0.2) is 0 Å². The van der Waals surface area contributed by atoms with Gasteiger partial charge in [0.2, 0.25) is 0 Å². The Morgan fingerprint density at radius 1 is 0.487 bits per heavy atom. The number of aliphatic hydroxyl groups is 3. The Hall–Kier alpha value is -2.40. The molecule has 0 aliphatic carbocycles. The summed E-state index contributed by atoms with van der Waals surface area (Å²) in [5, 5.41) is 72.0. The highest BCUT2D eigenvalue weighted by Gasteiger charge is 2.28. The van der Waals surface area contributed by atoms with E-state index in [0.717, 1.165) is 32.2 Å². The summed E-state index contributed by atoms with van der Waals surface area (Å²) >= 11 is 0. The molecule has 4 rings (SSSR count). The number of carboxylic acids is 4. The third-order valence-corrected chi connectivity index (χ3v) is 6.67. The lowest BCUT2D eigenvalue weighted by molar-refractivity contribution is -0.144. The number of rotatable bonds is 4. The number of aliphatic hydroxyl groups excluding tert-OH is 3. The van der Waals surface area contributed by atoms with Crippen LogP contribution in [0.2, 0.25) is 0 Å². The number of hydrogen-bond acceptors (Lipinski definition) is 11. The van der Waals surface area contributed by atoms with Crippen LogP contribution in [0.3, 0.4) is 0 Å². The van der Waals surface area contributed by atoms with Crippen molar-refractivity contribution in [3.63, 3.8) is 0 Å². The molecule has 0 spiro atoms. The van der Waals surface area contributed by atoms with E-state index in [2.05, 4.69) is 21.3 Å². The summed E-state index contributed by atoms with van der Waals surface area (Å²) < 4.78 is 0. The number of carboxylic acid groups (broad SMARTS) is 4. The molecule has 7 atom stereocenters. The maximum absolute atomic E-state index is 10.3. The number of carbonyl (C=O) groups is 4. The Bertz CT molecular complexity index is 718. The van der Waals surface area contributed by atoms with Crippen LogP contribution in [0.15, 0.2) is 0 Å². The predicted octanol–water partition coefficient (Wildman–Crippen LogP) is -2.24. The van der Waals surface area contributed by atoms with Crippen LogP contribution in [0, 0.1) is 0 Å². The first-order valence-corrected chi connectivity index (χ1v) is 13.3. The summed E-state index contributed by atoms with van der Waals surface area (Å²) in [7, 11) is 0. The molecule has 4 aliphatic heterocycles. The lowest BCUT2D eigenvalue weighted by Gasteiger charge is -2.24. The number of piperidine rings is 4. The molecule has 0 aromatic rings. The van der Waals surface area contributed by atoms with Gasteiger partial charge in [-0.3, -0.25) is 19.2 Å². The monoisotopic (exact) mass is 564 g/mol. The predicted molar refractivity (Wildman–Crippen MR) is 137 cm³/mol. The molecule has 0 aromatic carbocycles. The van der Waals surface area contributed by atoms with Crippen molar-refractivity contribution < 1.29 is 54.9 Å². The average Bonchev–Trinajstić information content (AvgIpc) is 2.91. The zero-order valence-corrected chi connectivity index (χ0v) is 22.0. The zero-order chi connectivity index (χ0) is 29.4. The van der Waals surface area contributed by atoms with Crippen LogP contribution in [-0.4, -0.2) is 128 Å². The van der Waals surface area contributed by atoms with E-state index in [1.165, 1.54) is 0 Å². The summed E-state index contributed by atoms with van der Waals surface area (Å²) in [5.74, 6) is -3.33. The third kappa shape index (κ3) is 14.5. The van der Waals surface area contributed by atoms with Gasteiger partial charge >= 0.3 is 23.9 Å². The Morgan fingerprint density at radius 3 is 1.23 bits per heavy atom. The van der Waals surface area contributed by atoms with Gasteiger partial charge in [-0.1, -0.05) is 6.42 Å².